The van der Waals surface area contributed by atoms with Gasteiger partial charge in [0.1, 0.15) is 0 Å². The van der Waals surface area contributed by atoms with E-state index in [-0.39, 0.29) is 5.91 Å². The van der Waals surface area contributed by atoms with Gasteiger partial charge in [-0.3, -0.25) is 4.79 Å². The largest absolute Gasteiger partial charge is 0.385 e. The fourth-order valence-corrected chi connectivity index (χ4v) is 4.26. The van der Waals surface area contributed by atoms with Gasteiger partial charge >= 0.3 is 0 Å². The molecule has 2 aromatic carbocycles. The van der Waals surface area contributed by atoms with Gasteiger partial charge in [0.15, 0.2) is 11.0 Å². The van der Waals surface area contributed by atoms with Crippen molar-refractivity contribution in [2.45, 2.75) is 30.3 Å². The summed E-state index contributed by atoms with van der Waals surface area (Å²) < 4.78 is 7.14. The molecule has 10 heteroatoms. The fourth-order valence-electron chi connectivity index (χ4n) is 2.83. The number of rotatable bonds is 9. The van der Waals surface area contributed by atoms with Crippen LogP contribution in [0, 0.1) is 0 Å². The van der Waals surface area contributed by atoms with Crippen LogP contribution in [0.15, 0.2) is 47.6 Å². The first-order valence-electron chi connectivity index (χ1n) is 9.50. The van der Waals surface area contributed by atoms with Gasteiger partial charge in [-0.2, -0.15) is 0 Å². The van der Waals surface area contributed by atoms with Crippen LogP contribution in [-0.2, 0) is 16.1 Å². The first-order chi connectivity index (χ1) is 14.9. The Morgan fingerprint density at radius 3 is 2.68 bits per heavy atom. The Morgan fingerprint density at radius 2 is 1.94 bits per heavy atom. The van der Waals surface area contributed by atoms with Gasteiger partial charge in [0.2, 0.25) is 5.91 Å². The van der Waals surface area contributed by atoms with Crippen LogP contribution in [0.25, 0.3) is 11.4 Å². The Bertz CT molecular complexity index is 1060. The molecule has 1 atom stereocenters. The van der Waals surface area contributed by atoms with Gasteiger partial charge in [0.05, 0.1) is 21.0 Å². The van der Waals surface area contributed by atoms with Crippen molar-refractivity contribution in [3.05, 3.63) is 57.5 Å². The monoisotopic (exact) mass is 498 g/mol. The normalized spacial score (nSPS) is 12.0. The van der Waals surface area contributed by atoms with Crippen molar-refractivity contribution in [2.24, 2.45) is 0 Å². The van der Waals surface area contributed by atoms with E-state index in [2.05, 4.69) is 15.5 Å². The Labute approximate surface area is 200 Å². The number of carbonyl (C=O) groups is 1. The number of methoxy groups -OCH3 is 1. The second kappa shape index (κ2) is 11.2. The molecule has 1 N–H and O–H groups in total. The molecule has 1 amide bonds. The first-order valence-corrected chi connectivity index (χ1v) is 11.5. The van der Waals surface area contributed by atoms with Gasteiger partial charge < -0.3 is 14.6 Å². The van der Waals surface area contributed by atoms with Crippen molar-refractivity contribution in [1.82, 2.24) is 14.8 Å². The van der Waals surface area contributed by atoms with Gasteiger partial charge in [-0.15, -0.1) is 10.2 Å². The lowest BCUT2D eigenvalue weighted by molar-refractivity contribution is -0.115. The van der Waals surface area contributed by atoms with E-state index in [1.54, 1.807) is 32.2 Å². The van der Waals surface area contributed by atoms with Crippen molar-refractivity contribution in [1.29, 1.82) is 0 Å². The summed E-state index contributed by atoms with van der Waals surface area (Å²) in [5.74, 6) is 0.426. The standard InChI is InChI=1S/C21H21Cl3N4O2S/c1-13(20(29)25-18-12-14(22)8-9-17(18)24)31-21-27-26-19(28(21)10-5-11-30-2)15-6-3-4-7-16(15)23/h3-4,6-9,12-13H,5,10-11H2,1-2H3,(H,25,29). The van der Waals surface area contributed by atoms with E-state index in [1.807, 2.05) is 28.8 Å². The third-order valence-corrected chi connectivity index (χ3v) is 6.37. The molecule has 0 aliphatic heterocycles. The molecule has 0 bridgehead atoms. The fraction of sp³-hybridized carbons (Fsp3) is 0.286. The molecule has 0 saturated carbocycles. The van der Waals surface area contributed by atoms with E-state index < -0.39 is 5.25 Å². The van der Waals surface area contributed by atoms with E-state index >= 15 is 0 Å². The maximum absolute atomic E-state index is 12.8. The molecule has 0 saturated heterocycles. The molecule has 164 valence electrons. The number of nitrogens with zero attached hydrogens (tertiary/aromatic N) is 3. The second-order valence-corrected chi connectivity index (χ2v) is 9.22. The SMILES string of the molecule is COCCCn1c(SC(C)C(=O)Nc2cc(Cl)ccc2Cl)nnc1-c1ccccc1Cl. The molecular formula is C21H21Cl3N4O2S. The summed E-state index contributed by atoms with van der Waals surface area (Å²) in [7, 11) is 1.66. The Balaban J connectivity index is 1.81. The lowest BCUT2D eigenvalue weighted by atomic mass is 10.2. The van der Waals surface area contributed by atoms with Crippen LogP contribution >= 0.6 is 46.6 Å². The van der Waals surface area contributed by atoms with E-state index in [1.165, 1.54) is 11.8 Å². The molecule has 1 aromatic heterocycles. The number of thioether (sulfide) groups is 1. The summed E-state index contributed by atoms with van der Waals surface area (Å²) in [6.45, 7) is 3.01. The zero-order valence-corrected chi connectivity index (χ0v) is 20.0. The van der Waals surface area contributed by atoms with Crippen molar-refractivity contribution in [3.8, 4) is 11.4 Å². The number of hydrogen-bond acceptors (Lipinski definition) is 5. The van der Waals surface area contributed by atoms with Crippen molar-refractivity contribution < 1.29 is 9.53 Å². The van der Waals surface area contributed by atoms with E-state index in [0.29, 0.717) is 44.9 Å². The maximum Gasteiger partial charge on any atom is 0.237 e. The van der Waals surface area contributed by atoms with Crippen LogP contribution < -0.4 is 5.32 Å². The van der Waals surface area contributed by atoms with Crippen LogP contribution in [0.3, 0.4) is 0 Å². The predicted molar refractivity (Wildman–Crippen MR) is 127 cm³/mol. The van der Waals surface area contributed by atoms with E-state index in [4.69, 9.17) is 39.5 Å². The molecule has 31 heavy (non-hydrogen) atoms. The number of amides is 1. The molecule has 0 spiro atoms. The Kier molecular flexibility index (Phi) is 8.63. The van der Waals surface area contributed by atoms with Gasteiger partial charge in [0, 0.05) is 30.8 Å². The maximum atomic E-state index is 12.8. The summed E-state index contributed by atoms with van der Waals surface area (Å²) in [6, 6.07) is 12.4. The quantitative estimate of drug-likeness (QED) is 0.286. The van der Waals surface area contributed by atoms with Crippen LogP contribution in [0.5, 0.6) is 0 Å². The highest BCUT2D eigenvalue weighted by molar-refractivity contribution is 8.00. The molecule has 0 fully saturated rings. The minimum atomic E-state index is -0.459. The summed E-state index contributed by atoms with van der Waals surface area (Å²) in [5.41, 5.74) is 1.24. The smallest absolute Gasteiger partial charge is 0.237 e. The highest BCUT2D eigenvalue weighted by Crippen LogP contribution is 2.32. The Morgan fingerprint density at radius 1 is 1.16 bits per heavy atom. The molecule has 1 heterocycles. The van der Waals surface area contributed by atoms with Crippen LogP contribution in [0.4, 0.5) is 5.69 Å². The first kappa shape index (κ1) is 23.9. The van der Waals surface area contributed by atoms with Crippen LogP contribution in [-0.4, -0.2) is 39.6 Å². The average Bonchev–Trinajstić information content (AvgIpc) is 3.13. The molecule has 0 radical (unpaired) electrons. The summed E-state index contributed by atoms with van der Waals surface area (Å²) in [4.78, 5) is 12.8. The number of anilines is 1. The van der Waals surface area contributed by atoms with Crippen molar-refractivity contribution >= 4 is 58.2 Å². The number of halogens is 3. The molecule has 3 aromatic rings. The number of benzene rings is 2. The van der Waals surface area contributed by atoms with Crippen LogP contribution in [0.1, 0.15) is 13.3 Å². The highest BCUT2D eigenvalue weighted by atomic mass is 35.5. The van der Waals surface area contributed by atoms with Crippen LogP contribution in [0.2, 0.25) is 15.1 Å². The summed E-state index contributed by atoms with van der Waals surface area (Å²) in [6.07, 6.45) is 0.762. The topological polar surface area (TPSA) is 69.0 Å². The van der Waals surface area contributed by atoms with Gasteiger partial charge in [0.25, 0.3) is 0 Å². The molecule has 6 nitrogen and oxygen atoms in total. The number of ether oxygens (including phenoxy) is 1. The van der Waals surface area contributed by atoms with Gasteiger partial charge in [-0.1, -0.05) is 58.7 Å². The highest BCUT2D eigenvalue weighted by Gasteiger charge is 2.22. The number of carbonyl (C=O) groups excluding carboxylic acids is 1. The minimum absolute atomic E-state index is 0.222. The zero-order valence-electron chi connectivity index (χ0n) is 16.9. The average molecular weight is 500 g/mol. The lowest BCUT2D eigenvalue weighted by Crippen LogP contribution is -2.23. The summed E-state index contributed by atoms with van der Waals surface area (Å²) in [5, 5.41) is 13.1. The minimum Gasteiger partial charge on any atom is -0.385 e. The lowest BCUT2D eigenvalue weighted by Gasteiger charge is -2.15. The van der Waals surface area contributed by atoms with Crippen molar-refractivity contribution in [3.63, 3.8) is 0 Å². The summed E-state index contributed by atoms with van der Waals surface area (Å²) >= 11 is 19.8. The van der Waals surface area contributed by atoms with Gasteiger partial charge in [-0.05, 0) is 43.7 Å². The van der Waals surface area contributed by atoms with Crippen molar-refractivity contribution in [2.75, 3.05) is 19.0 Å². The molecule has 0 aliphatic rings. The molecule has 0 aliphatic carbocycles. The third kappa shape index (κ3) is 6.14. The second-order valence-electron chi connectivity index (χ2n) is 6.66. The number of aromatic nitrogens is 3. The van der Waals surface area contributed by atoms with E-state index in [9.17, 15) is 4.79 Å². The zero-order chi connectivity index (χ0) is 22.4. The predicted octanol–water partition coefficient (Wildman–Crippen LogP) is 6.06. The third-order valence-electron chi connectivity index (χ3n) is 4.40. The number of nitrogens with one attached hydrogen (secondary N) is 1. The van der Waals surface area contributed by atoms with E-state index in [0.717, 1.165) is 12.0 Å². The van der Waals surface area contributed by atoms with Gasteiger partial charge in [-0.25, -0.2) is 0 Å². The Hall–Kier alpha value is -1.77. The molecule has 3 rings (SSSR count). The number of hydrogen-bond donors (Lipinski definition) is 1. The molecule has 1 unspecified atom stereocenters. The molecular weight excluding hydrogens is 479 g/mol.